The second-order valence-electron chi connectivity index (χ2n) is 7.26. The molecular weight excluding hydrogens is 274 g/mol. The first-order valence-corrected chi connectivity index (χ1v) is 8.39. The van der Waals surface area contributed by atoms with Crippen LogP contribution in [0.4, 0.5) is 0 Å². The number of benzene rings is 1. The number of fused-ring (bicyclic) bond motifs is 1. The molecule has 0 aliphatic carbocycles. The minimum Gasteiger partial charge on any atom is -0.484 e. The zero-order chi connectivity index (χ0) is 16.1. The molecule has 1 fully saturated rings. The molecule has 3 rings (SSSR count). The van der Waals surface area contributed by atoms with Gasteiger partial charge in [0, 0.05) is 25.5 Å². The first-order chi connectivity index (χ1) is 10.3. The Morgan fingerprint density at radius 1 is 1.27 bits per heavy atom. The van der Waals surface area contributed by atoms with Crippen molar-refractivity contribution in [2.24, 2.45) is 0 Å². The van der Waals surface area contributed by atoms with Gasteiger partial charge in [-0.1, -0.05) is 6.07 Å². The van der Waals surface area contributed by atoms with Gasteiger partial charge < -0.3 is 9.64 Å². The number of likely N-dealkylation sites (tertiary alicyclic amines) is 1. The minimum absolute atomic E-state index is 0.176. The van der Waals surface area contributed by atoms with E-state index in [0.717, 1.165) is 31.6 Å². The van der Waals surface area contributed by atoms with Crippen molar-refractivity contribution in [3.8, 4) is 5.75 Å². The van der Waals surface area contributed by atoms with E-state index in [1.54, 1.807) is 6.92 Å². The van der Waals surface area contributed by atoms with Crippen molar-refractivity contribution in [3.05, 3.63) is 28.3 Å². The fourth-order valence-electron chi connectivity index (χ4n) is 4.21. The number of piperidine rings is 1. The second kappa shape index (κ2) is 5.29. The van der Waals surface area contributed by atoms with E-state index in [0.29, 0.717) is 0 Å². The Kier molecular flexibility index (Phi) is 3.70. The quantitative estimate of drug-likeness (QED) is 0.791. The predicted octanol–water partition coefficient (Wildman–Crippen LogP) is 3.71. The molecule has 1 saturated heterocycles. The van der Waals surface area contributed by atoms with Gasteiger partial charge in [0.25, 0.3) is 0 Å². The summed E-state index contributed by atoms with van der Waals surface area (Å²) in [4.78, 5) is 14.1. The number of carbonyl (C=O) groups is 1. The molecule has 1 amide bonds. The highest BCUT2D eigenvalue weighted by Gasteiger charge is 2.47. The molecule has 0 aromatic heterocycles. The molecule has 0 radical (unpaired) electrons. The molecule has 0 spiro atoms. The molecule has 22 heavy (non-hydrogen) atoms. The van der Waals surface area contributed by atoms with E-state index >= 15 is 0 Å². The van der Waals surface area contributed by atoms with Gasteiger partial charge in [0.05, 0.1) is 6.04 Å². The molecule has 3 heteroatoms. The summed E-state index contributed by atoms with van der Waals surface area (Å²) in [7, 11) is 0. The average Bonchev–Trinajstić information content (AvgIpc) is 2.85. The molecule has 2 aliphatic rings. The van der Waals surface area contributed by atoms with E-state index < -0.39 is 0 Å². The molecule has 3 nitrogen and oxygen atoms in total. The number of aryl methyl sites for hydroxylation is 2. The van der Waals surface area contributed by atoms with E-state index in [-0.39, 0.29) is 17.6 Å². The van der Waals surface area contributed by atoms with E-state index in [4.69, 9.17) is 4.74 Å². The summed E-state index contributed by atoms with van der Waals surface area (Å²) in [5.74, 6) is 1.24. The van der Waals surface area contributed by atoms with Crippen LogP contribution < -0.4 is 4.74 Å². The first kappa shape index (κ1) is 15.4. The van der Waals surface area contributed by atoms with Crippen molar-refractivity contribution >= 4 is 5.91 Å². The van der Waals surface area contributed by atoms with Gasteiger partial charge in [-0.25, -0.2) is 0 Å². The monoisotopic (exact) mass is 301 g/mol. The maximum atomic E-state index is 12.0. The van der Waals surface area contributed by atoms with E-state index in [2.05, 4.69) is 33.8 Å². The van der Waals surface area contributed by atoms with Gasteiger partial charge in [0.15, 0.2) is 0 Å². The summed E-state index contributed by atoms with van der Waals surface area (Å²) in [6.07, 6.45) is 4.24. The van der Waals surface area contributed by atoms with Gasteiger partial charge in [0.2, 0.25) is 5.91 Å². The second-order valence-corrected chi connectivity index (χ2v) is 7.26. The van der Waals surface area contributed by atoms with Crippen molar-refractivity contribution in [2.75, 3.05) is 6.54 Å². The Labute approximate surface area is 133 Å². The lowest BCUT2D eigenvalue weighted by atomic mass is 9.83. The Morgan fingerprint density at radius 3 is 2.68 bits per heavy atom. The summed E-state index contributed by atoms with van der Waals surface area (Å²) in [6, 6.07) is 2.44. The third-order valence-electron chi connectivity index (χ3n) is 5.59. The molecule has 2 aliphatic heterocycles. The highest BCUT2D eigenvalue weighted by molar-refractivity contribution is 5.74. The van der Waals surface area contributed by atoms with Crippen LogP contribution in [0.3, 0.4) is 0 Å². The summed E-state index contributed by atoms with van der Waals surface area (Å²) < 4.78 is 6.51. The third kappa shape index (κ3) is 2.31. The molecule has 1 aromatic carbocycles. The predicted molar refractivity (Wildman–Crippen MR) is 88.4 cm³/mol. The number of amides is 1. The Bertz CT molecular complexity index is 622. The largest absolute Gasteiger partial charge is 0.484 e. The molecule has 120 valence electrons. The van der Waals surface area contributed by atoms with Crippen molar-refractivity contribution < 1.29 is 9.53 Å². The van der Waals surface area contributed by atoms with Gasteiger partial charge in [0.1, 0.15) is 11.4 Å². The first-order valence-electron chi connectivity index (χ1n) is 8.39. The Balaban J connectivity index is 1.97. The summed E-state index contributed by atoms with van der Waals surface area (Å²) in [5.41, 5.74) is 4.88. The maximum absolute atomic E-state index is 12.0. The number of rotatable bonds is 1. The zero-order valence-electron chi connectivity index (χ0n) is 14.5. The van der Waals surface area contributed by atoms with Crippen LogP contribution in [-0.2, 0) is 11.2 Å². The van der Waals surface area contributed by atoms with E-state index in [9.17, 15) is 4.79 Å². The Hall–Kier alpha value is -1.51. The molecule has 0 saturated carbocycles. The van der Waals surface area contributed by atoms with Crippen LogP contribution in [0.5, 0.6) is 5.75 Å². The smallest absolute Gasteiger partial charge is 0.219 e. The molecule has 0 bridgehead atoms. The highest BCUT2D eigenvalue weighted by atomic mass is 16.5. The number of carbonyl (C=O) groups excluding carboxylic acids is 1. The number of hydrogen-bond acceptors (Lipinski definition) is 2. The van der Waals surface area contributed by atoms with Crippen LogP contribution in [0.15, 0.2) is 6.07 Å². The minimum atomic E-state index is -0.294. The van der Waals surface area contributed by atoms with Gasteiger partial charge in [-0.15, -0.1) is 0 Å². The molecule has 0 N–H and O–H groups in total. The van der Waals surface area contributed by atoms with Gasteiger partial charge >= 0.3 is 0 Å². The molecular formula is C19H27NO2. The summed E-state index contributed by atoms with van der Waals surface area (Å²) in [5, 5.41) is 0. The van der Waals surface area contributed by atoms with Crippen LogP contribution in [0.1, 0.15) is 55.4 Å². The zero-order valence-corrected chi connectivity index (χ0v) is 14.5. The van der Waals surface area contributed by atoms with Crippen LogP contribution >= 0.6 is 0 Å². The van der Waals surface area contributed by atoms with Gasteiger partial charge in [-0.3, -0.25) is 4.79 Å². The van der Waals surface area contributed by atoms with Gasteiger partial charge in [-0.05, 0) is 63.6 Å². The molecule has 2 unspecified atom stereocenters. The lowest BCUT2D eigenvalue weighted by molar-refractivity contribution is -0.138. The third-order valence-corrected chi connectivity index (χ3v) is 5.59. The van der Waals surface area contributed by atoms with Gasteiger partial charge in [-0.2, -0.15) is 0 Å². The normalized spacial score (nSPS) is 27.5. The molecule has 2 atom stereocenters. The summed E-state index contributed by atoms with van der Waals surface area (Å²) >= 11 is 0. The SMILES string of the molecule is CC(=O)N1CCCCC1C1(C)Cc2c(C)cc(C)c(C)c2O1. The van der Waals surface area contributed by atoms with Crippen molar-refractivity contribution in [1.29, 1.82) is 0 Å². The van der Waals surface area contributed by atoms with Crippen molar-refractivity contribution in [3.63, 3.8) is 0 Å². The molecule has 1 aromatic rings. The standard InChI is InChI=1S/C19H27NO2/c1-12-10-13(2)16-11-19(5,22-18(16)14(12)3)17-8-6-7-9-20(17)15(4)21/h10,17H,6-9,11H2,1-5H3. The maximum Gasteiger partial charge on any atom is 0.219 e. The number of hydrogen-bond donors (Lipinski definition) is 0. The topological polar surface area (TPSA) is 29.5 Å². The molecule has 2 heterocycles. The van der Waals surface area contributed by atoms with E-state index in [1.807, 2.05) is 4.90 Å². The van der Waals surface area contributed by atoms with Crippen molar-refractivity contribution in [1.82, 2.24) is 4.90 Å². The van der Waals surface area contributed by atoms with Crippen LogP contribution in [-0.4, -0.2) is 29.0 Å². The fourth-order valence-corrected chi connectivity index (χ4v) is 4.21. The van der Waals surface area contributed by atoms with Crippen LogP contribution in [0, 0.1) is 20.8 Å². The van der Waals surface area contributed by atoms with E-state index in [1.165, 1.54) is 28.7 Å². The lowest BCUT2D eigenvalue weighted by Crippen LogP contribution is -2.57. The fraction of sp³-hybridized carbons (Fsp3) is 0.632. The van der Waals surface area contributed by atoms with Crippen molar-refractivity contribution in [2.45, 2.75) is 71.9 Å². The summed E-state index contributed by atoms with van der Waals surface area (Å²) in [6.45, 7) is 11.2. The lowest BCUT2D eigenvalue weighted by Gasteiger charge is -2.44. The number of nitrogens with zero attached hydrogens (tertiary/aromatic N) is 1. The Morgan fingerprint density at radius 2 is 2.00 bits per heavy atom. The number of ether oxygens (including phenoxy) is 1. The van der Waals surface area contributed by atoms with Crippen LogP contribution in [0.25, 0.3) is 0 Å². The highest BCUT2D eigenvalue weighted by Crippen LogP contribution is 2.44. The van der Waals surface area contributed by atoms with Crippen LogP contribution in [0.2, 0.25) is 0 Å². The average molecular weight is 301 g/mol.